The number of carboxylic acid groups (broad SMARTS) is 1. The highest BCUT2D eigenvalue weighted by atomic mass is 35.5. The second kappa shape index (κ2) is 10.4. The molecule has 0 fully saturated rings. The van der Waals surface area contributed by atoms with Gasteiger partial charge in [0.15, 0.2) is 0 Å². The summed E-state index contributed by atoms with van der Waals surface area (Å²) in [5, 5.41) is 13.4. The van der Waals surface area contributed by atoms with Crippen LogP contribution in [0.1, 0.15) is 43.7 Å². The van der Waals surface area contributed by atoms with Crippen LogP contribution in [0.4, 0.5) is 0 Å². The summed E-state index contributed by atoms with van der Waals surface area (Å²) >= 11 is 6.19. The fraction of sp³-hybridized carbons (Fsp3) is 0.320. The molecule has 1 aliphatic heterocycles. The summed E-state index contributed by atoms with van der Waals surface area (Å²) in [4.78, 5) is 29.9. The predicted octanol–water partition coefficient (Wildman–Crippen LogP) is 5.01. The Morgan fingerprint density at radius 3 is 2.52 bits per heavy atom. The van der Waals surface area contributed by atoms with Crippen LogP contribution in [-0.2, 0) is 16.0 Å². The number of nitrogens with one attached hydrogen (secondary N) is 1. The number of aliphatic carboxylic acids is 1. The van der Waals surface area contributed by atoms with Gasteiger partial charge in [0.1, 0.15) is 5.92 Å². The smallest absolute Gasteiger partial charge is 0.313 e. The topological polar surface area (TPSA) is 78.8 Å². The van der Waals surface area contributed by atoms with Crippen molar-refractivity contribution in [1.82, 2.24) is 5.32 Å². The molecule has 6 heteroatoms. The Morgan fingerprint density at radius 2 is 1.87 bits per heavy atom. The van der Waals surface area contributed by atoms with E-state index in [1.165, 1.54) is 5.56 Å². The van der Waals surface area contributed by atoms with E-state index in [-0.39, 0.29) is 5.91 Å². The van der Waals surface area contributed by atoms with E-state index in [2.05, 4.69) is 22.4 Å². The van der Waals surface area contributed by atoms with E-state index in [0.717, 1.165) is 12.8 Å². The van der Waals surface area contributed by atoms with Gasteiger partial charge >= 0.3 is 5.97 Å². The monoisotopic (exact) mass is 438 g/mol. The highest BCUT2D eigenvalue weighted by Crippen LogP contribution is 2.40. The lowest BCUT2D eigenvalue weighted by atomic mass is 9.75. The molecular formula is C25H27ClN2O3. The molecule has 5 nitrogen and oxygen atoms in total. The van der Waals surface area contributed by atoms with Crippen molar-refractivity contribution < 1.29 is 14.7 Å². The fourth-order valence-corrected chi connectivity index (χ4v) is 4.29. The third kappa shape index (κ3) is 5.42. The van der Waals surface area contributed by atoms with Gasteiger partial charge in [-0.3, -0.25) is 14.6 Å². The molecule has 31 heavy (non-hydrogen) atoms. The van der Waals surface area contributed by atoms with Crippen molar-refractivity contribution in [2.24, 2.45) is 10.9 Å². The van der Waals surface area contributed by atoms with Crippen molar-refractivity contribution >= 4 is 29.2 Å². The zero-order chi connectivity index (χ0) is 22.4. The minimum Gasteiger partial charge on any atom is -0.481 e. The summed E-state index contributed by atoms with van der Waals surface area (Å²) in [5.74, 6) is -2.83. The molecule has 2 aromatic carbocycles. The first kappa shape index (κ1) is 22.8. The number of carboxylic acids is 1. The first-order valence-electron chi connectivity index (χ1n) is 10.5. The largest absolute Gasteiger partial charge is 0.481 e. The number of nitrogens with zero attached hydrogens (tertiary/aromatic N) is 1. The van der Waals surface area contributed by atoms with Gasteiger partial charge in [-0.05, 0) is 49.4 Å². The van der Waals surface area contributed by atoms with E-state index < -0.39 is 17.8 Å². The van der Waals surface area contributed by atoms with E-state index in [0.29, 0.717) is 40.5 Å². The molecule has 1 amide bonds. The maximum absolute atomic E-state index is 13.3. The number of benzene rings is 2. The standard InChI is InChI=1S/C25H27ClN2O3/c1-3-20-23(24(29)27-14-8-11-17-9-5-4-6-10-17)22(18-12-7-13-19(26)15-18)21(25(30)31)16(2)28-20/h4-7,9-10,12-13,15,21-22H,3,8,11,14H2,1-2H3,(H,27,29)(H,30,31). The van der Waals surface area contributed by atoms with Crippen molar-refractivity contribution in [2.45, 2.75) is 39.0 Å². The van der Waals surface area contributed by atoms with E-state index in [4.69, 9.17) is 11.6 Å². The molecule has 2 N–H and O–H groups in total. The van der Waals surface area contributed by atoms with Crippen LogP contribution >= 0.6 is 11.6 Å². The van der Waals surface area contributed by atoms with Gasteiger partial charge in [0, 0.05) is 34.5 Å². The molecule has 2 unspecified atom stereocenters. The van der Waals surface area contributed by atoms with Gasteiger partial charge in [0.25, 0.3) is 0 Å². The van der Waals surface area contributed by atoms with Gasteiger partial charge in [-0.25, -0.2) is 0 Å². The number of carbonyl (C=O) groups is 2. The molecule has 2 atom stereocenters. The van der Waals surface area contributed by atoms with Crippen molar-refractivity contribution in [3.05, 3.63) is 82.0 Å². The SMILES string of the molecule is CCC1=C(C(=O)NCCCc2ccccc2)C(c2cccc(Cl)c2)C(C(=O)O)C(C)=N1. The molecule has 162 valence electrons. The third-order valence-electron chi connectivity index (χ3n) is 5.54. The second-order valence-electron chi connectivity index (χ2n) is 7.66. The van der Waals surface area contributed by atoms with Crippen LogP contribution in [0.3, 0.4) is 0 Å². The Morgan fingerprint density at radius 1 is 1.13 bits per heavy atom. The Kier molecular flexibility index (Phi) is 7.64. The van der Waals surface area contributed by atoms with Crippen LogP contribution in [0.2, 0.25) is 5.02 Å². The molecule has 0 saturated heterocycles. The molecule has 2 aromatic rings. The van der Waals surface area contributed by atoms with Gasteiger partial charge in [0.05, 0.1) is 0 Å². The number of aliphatic imine (C=N–C) groups is 1. The minimum absolute atomic E-state index is 0.266. The molecule has 1 aliphatic rings. The highest BCUT2D eigenvalue weighted by molar-refractivity contribution is 6.30. The summed E-state index contributed by atoms with van der Waals surface area (Å²) in [6, 6.07) is 17.2. The summed E-state index contributed by atoms with van der Waals surface area (Å²) in [7, 11) is 0. The normalized spacial score (nSPS) is 18.5. The van der Waals surface area contributed by atoms with Gasteiger partial charge < -0.3 is 10.4 Å². The van der Waals surface area contributed by atoms with Gasteiger partial charge in [0.2, 0.25) is 5.91 Å². The number of hydrogen-bond acceptors (Lipinski definition) is 3. The summed E-state index contributed by atoms with van der Waals surface area (Å²) < 4.78 is 0. The second-order valence-corrected chi connectivity index (χ2v) is 8.10. The molecule has 3 rings (SSSR count). The van der Waals surface area contributed by atoms with Crippen LogP contribution in [0.5, 0.6) is 0 Å². The Hall–Kier alpha value is -2.92. The maximum Gasteiger partial charge on any atom is 0.313 e. The Labute approximate surface area is 187 Å². The van der Waals surface area contributed by atoms with Crippen LogP contribution in [-0.4, -0.2) is 29.2 Å². The molecule has 1 heterocycles. The zero-order valence-corrected chi connectivity index (χ0v) is 18.5. The van der Waals surface area contributed by atoms with Crippen molar-refractivity contribution in [3.8, 4) is 0 Å². The maximum atomic E-state index is 13.3. The number of rotatable bonds is 8. The van der Waals surface area contributed by atoms with Gasteiger partial charge in [-0.2, -0.15) is 0 Å². The van der Waals surface area contributed by atoms with Crippen LogP contribution < -0.4 is 5.32 Å². The summed E-state index contributed by atoms with van der Waals surface area (Å²) in [6.45, 7) is 4.13. The van der Waals surface area contributed by atoms with Crippen LogP contribution in [0, 0.1) is 5.92 Å². The lowest BCUT2D eigenvalue weighted by Gasteiger charge is -2.31. The predicted molar refractivity (Wildman–Crippen MR) is 124 cm³/mol. The lowest BCUT2D eigenvalue weighted by Crippen LogP contribution is -2.38. The van der Waals surface area contributed by atoms with Crippen LogP contribution in [0.15, 0.2) is 70.9 Å². The number of amides is 1. The highest BCUT2D eigenvalue weighted by Gasteiger charge is 2.41. The average Bonchev–Trinajstić information content (AvgIpc) is 2.76. The summed E-state index contributed by atoms with van der Waals surface area (Å²) in [6.07, 6.45) is 2.18. The molecule has 0 bridgehead atoms. The number of aryl methyl sites for hydroxylation is 1. The zero-order valence-electron chi connectivity index (χ0n) is 17.8. The Balaban J connectivity index is 1.86. The van der Waals surface area contributed by atoms with Gasteiger partial charge in [-0.15, -0.1) is 0 Å². The van der Waals surface area contributed by atoms with E-state index in [1.807, 2.05) is 31.2 Å². The molecule has 0 aromatic heterocycles. The number of carbonyl (C=O) groups excluding carboxylic acids is 1. The number of allylic oxidation sites excluding steroid dienone is 1. The molecular weight excluding hydrogens is 412 g/mol. The first-order chi connectivity index (χ1) is 14.9. The molecule has 0 spiro atoms. The molecule has 0 radical (unpaired) electrons. The lowest BCUT2D eigenvalue weighted by molar-refractivity contribution is -0.139. The number of halogens is 1. The molecule has 0 saturated carbocycles. The van der Waals surface area contributed by atoms with Gasteiger partial charge in [-0.1, -0.05) is 61.0 Å². The minimum atomic E-state index is -1.00. The van der Waals surface area contributed by atoms with Crippen molar-refractivity contribution in [1.29, 1.82) is 0 Å². The number of hydrogen-bond donors (Lipinski definition) is 2. The third-order valence-corrected chi connectivity index (χ3v) is 5.78. The quantitative estimate of drug-likeness (QED) is 0.568. The van der Waals surface area contributed by atoms with E-state index in [1.54, 1.807) is 25.1 Å². The molecule has 0 aliphatic carbocycles. The Bertz CT molecular complexity index is 1010. The summed E-state index contributed by atoms with van der Waals surface area (Å²) in [5.41, 5.74) is 3.46. The van der Waals surface area contributed by atoms with E-state index in [9.17, 15) is 14.7 Å². The van der Waals surface area contributed by atoms with E-state index >= 15 is 0 Å². The van der Waals surface area contributed by atoms with Crippen molar-refractivity contribution in [3.63, 3.8) is 0 Å². The first-order valence-corrected chi connectivity index (χ1v) is 10.9. The fourth-order valence-electron chi connectivity index (χ4n) is 4.09. The average molecular weight is 439 g/mol. The van der Waals surface area contributed by atoms with Crippen molar-refractivity contribution in [2.75, 3.05) is 6.54 Å². The van der Waals surface area contributed by atoms with Crippen LogP contribution in [0.25, 0.3) is 0 Å².